The van der Waals surface area contributed by atoms with E-state index < -0.39 is 5.97 Å². The summed E-state index contributed by atoms with van der Waals surface area (Å²) in [5.41, 5.74) is 0.318. The highest BCUT2D eigenvalue weighted by molar-refractivity contribution is 5.87. The number of piperazine rings is 1. The summed E-state index contributed by atoms with van der Waals surface area (Å²) in [5.74, 6) is 0.270. The Morgan fingerprint density at radius 1 is 1.37 bits per heavy atom. The number of aromatic nitrogens is 2. The second kappa shape index (κ2) is 5.13. The largest absolute Gasteiger partial charge is 0.464 e. The van der Waals surface area contributed by atoms with Gasteiger partial charge in [-0.05, 0) is 20.9 Å². The minimum Gasteiger partial charge on any atom is -0.464 e. The lowest BCUT2D eigenvalue weighted by Gasteiger charge is -2.45. The van der Waals surface area contributed by atoms with E-state index in [4.69, 9.17) is 0 Å². The second-order valence-corrected chi connectivity index (χ2v) is 5.41. The van der Waals surface area contributed by atoms with Crippen LogP contribution >= 0.6 is 0 Å². The number of carbonyl (C=O) groups excluding carboxylic acids is 1. The molecule has 0 aromatic carbocycles. The van der Waals surface area contributed by atoms with E-state index in [-0.39, 0.29) is 11.2 Å². The minimum absolute atomic E-state index is 0.0706. The molecule has 0 saturated carbocycles. The highest BCUT2D eigenvalue weighted by Gasteiger charge is 2.31. The smallest absolute Gasteiger partial charge is 0.358 e. The molecule has 0 radical (unpaired) electrons. The molecular formula is C13H20N4O2. The van der Waals surface area contributed by atoms with Crippen LogP contribution in [0.5, 0.6) is 0 Å². The van der Waals surface area contributed by atoms with Crippen LogP contribution in [0, 0.1) is 0 Å². The van der Waals surface area contributed by atoms with Gasteiger partial charge in [-0.25, -0.2) is 9.78 Å². The SMILES string of the molecule is COC(=O)c1cncc(N2CCN(C)C(C)(C)C2)n1. The van der Waals surface area contributed by atoms with Gasteiger partial charge >= 0.3 is 5.97 Å². The normalized spacial score (nSPS) is 19.3. The fourth-order valence-corrected chi connectivity index (χ4v) is 2.15. The minimum atomic E-state index is -0.456. The van der Waals surface area contributed by atoms with Crippen LogP contribution in [0.1, 0.15) is 24.3 Å². The quantitative estimate of drug-likeness (QED) is 0.736. The molecular weight excluding hydrogens is 244 g/mol. The monoisotopic (exact) mass is 264 g/mol. The average Bonchev–Trinajstić information content (AvgIpc) is 2.41. The summed E-state index contributed by atoms with van der Waals surface area (Å²) in [6.07, 6.45) is 3.12. The number of anilines is 1. The highest BCUT2D eigenvalue weighted by Crippen LogP contribution is 2.22. The first-order chi connectivity index (χ1) is 8.94. The van der Waals surface area contributed by atoms with Crippen LogP contribution in [0.3, 0.4) is 0 Å². The van der Waals surface area contributed by atoms with Crippen molar-refractivity contribution in [1.29, 1.82) is 0 Å². The van der Waals surface area contributed by atoms with Crippen molar-refractivity contribution in [2.24, 2.45) is 0 Å². The van der Waals surface area contributed by atoms with Crippen LogP contribution in [-0.2, 0) is 4.74 Å². The van der Waals surface area contributed by atoms with Gasteiger partial charge < -0.3 is 9.64 Å². The molecule has 6 heteroatoms. The molecule has 0 unspecified atom stereocenters. The number of likely N-dealkylation sites (N-methyl/N-ethyl adjacent to an activating group) is 1. The molecule has 1 aromatic rings. The molecule has 0 N–H and O–H groups in total. The summed E-state index contributed by atoms with van der Waals surface area (Å²) in [4.78, 5) is 24.4. The molecule has 0 atom stereocenters. The predicted molar refractivity (Wildman–Crippen MR) is 72.3 cm³/mol. The Morgan fingerprint density at radius 3 is 2.74 bits per heavy atom. The highest BCUT2D eigenvalue weighted by atomic mass is 16.5. The van der Waals surface area contributed by atoms with Gasteiger partial charge in [0.15, 0.2) is 5.69 Å². The van der Waals surface area contributed by atoms with Gasteiger partial charge in [0.1, 0.15) is 5.82 Å². The number of methoxy groups -OCH3 is 1. The van der Waals surface area contributed by atoms with Gasteiger partial charge in [-0.1, -0.05) is 0 Å². The summed E-state index contributed by atoms with van der Waals surface area (Å²) < 4.78 is 4.67. The lowest BCUT2D eigenvalue weighted by Crippen LogP contribution is -2.58. The molecule has 0 amide bonds. The Morgan fingerprint density at radius 2 is 2.11 bits per heavy atom. The predicted octanol–water partition coefficient (Wildman–Crippen LogP) is 0.794. The third-order valence-electron chi connectivity index (χ3n) is 3.66. The van der Waals surface area contributed by atoms with Crippen molar-refractivity contribution in [1.82, 2.24) is 14.9 Å². The van der Waals surface area contributed by atoms with E-state index in [1.54, 1.807) is 6.20 Å². The Bertz CT molecular complexity index is 475. The number of hydrogen-bond acceptors (Lipinski definition) is 6. The lowest BCUT2D eigenvalue weighted by atomic mass is 10.00. The zero-order valence-electron chi connectivity index (χ0n) is 11.9. The van der Waals surface area contributed by atoms with Crippen molar-refractivity contribution < 1.29 is 9.53 Å². The molecule has 2 heterocycles. The van der Waals surface area contributed by atoms with Gasteiger partial charge in [-0.2, -0.15) is 0 Å². The van der Waals surface area contributed by atoms with E-state index in [2.05, 4.69) is 45.4 Å². The van der Waals surface area contributed by atoms with Crippen molar-refractivity contribution in [3.63, 3.8) is 0 Å². The second-order valence-electron chi connectivity index (χ2n) is 5.41. The summed E-state index contributed by atoms with van der Waals surface area (Å²) in [6.45, 7) is 7.06. The fourth-order valence-electron chi connectivity index (χ4n) is 2.15. The summed E-state index contributed by atoms with van der Waals surface area (Å²) in [6, 6.07) is 0. The fraction of sp³-hybridized carbons (Fsp3) is 0.615. The third-order valence-corrected chi connectivity index (χ3v) is 3.66. The van der Waals surface area contributed by atoms with Gasteiger partial charge in [-0.15, -0.1) is 0 Å². The number of ether oxygens (including phenoxy) is 1. The van der Waals surface area contributed by atoms with E-state index in [0.29, 0.717) is 0 Å². The molecule has 1 aliphatic rings. The van der Waals surface area contributed by atoms with E-state index in [9.17, 15) is 4.79 Å². The molecule has 104 valence electrons. The van der Waals surface area contributed by atoms with Gasteiger partial charge in [0, 0.05) is 25.2 Å². The first-order valence-electron chi connectivity index (χ1n) is 6.30. The number of hydrogen-bond donors (Lipinski definition) is 0. The van der Waals surface area contributed by atoms with Gasteiger partial charge in [0.2, 0.25) is 0 Å². The van der Waals surface area contributed by atoms with Crippen LogP contribution in [0.15, 0.2) is 12.4 Å². The molecule has 0 bridgehead atoms. The Hall–Kier alpha value is -1.69. The molecule has 1 aromatic heterocycles. The van der Waals surface area contributed by atoms with E-state index >= 15 is 0 Å². The molecule has 0 aliphatic carbocycles. The topological polar surface area (TPSA) is 58.6 Å². The summed E-state index contributed by atoms with van der Waals surface area (Å²) >= 11 is 0. The first kappa shape index (κ1) is 13.7. The van der Waals surface area contributed by atoms with Crippen LogP contribution in [0.4, 0.5) is 5.82 Å². The van der Waals surface area contributed by atoms with Crippen molar-refractivity contribution in [2.75, 3.05) is 38.7 Å². The number of rotatable bonds is 2. The standard InChI is InChI=1S/C13H20N4O2/c1-13(2)9-17(6-5-16(13)3)11-8-14-7-10(15-11)12(18)19-4/h7-8H,5-6,9H2,1-4H3. The Balaban J connectivity index is 2.21. The Labute approximate surface area is 113 Å². The van der Waals surface area contributed by atoms with E-state index in [1.807, 2.05) is 0 Å². The summed E-state index contributed by atoms with van der Waals surface area (Å²) in [7, 11) is 3.46. The van der Waals surface area contributed by atoms with Crippen LogP contribution in [-0.4, -0.2) is 60.2 Å². The molecule has 1 aliphatic heterocycles. The maximum Gasteiger partial charge on any atom is 0.358 e. The molecule has 2 rings (SSSR count). The Kier molecular flexibility index (Phi) is 3.71. The van der Waals surface area contributed by atoms with Crippen molar-refractivity contribution in [3.05, 3.63) is 18.1 Å². The van der Waals surface area contributed by atoms with Crippen LogP contribution < -0.4 is 4.90 Å². The molecule has 6 nitrogen and oxygen atoms in total. The van der Waals surface area contributed by atoms with Gasteiger partial charge in [0.05, 0.1) is 19.5 Å². The van der Waals surface area contributed by atoms with E-state index in [0.717, 1.165) is 25.5 Å². The number of carbonyl (C=O) groups is 1. The van der Waals surface area contributed by atoms with Crippen LogP contribution in [0.2, 0.25) is 0 Å². The van der Waals surface area contributed by atoms with Gasteiger partial charge in [0.25, 0.3) is 0 Å². The van der Waals surface area contributed by atoms with Crippen molar-refractivity contribution in [2.45, 2.75) is 19.4 Å². The zero-order valence-corrected chi connectivity index (χ0v) is 11.9. The first-order valence-corrected chi connectivity index (χ1v) is 6.30. The molecule has 19 heavy (non-hydrogen) atoms. The maximum atomic E-state index is 11.5. The summed E-state index contributed by atoms with van der Waals surface area (Å²) in [5, 5.41) is 0. The maximum absolute atomic E-state index is 11.5. The number of nitrogens with zero attached hydrogens (tertiary/aromatic N) is 4. The van der Waals surface area contributed by atoms with E-state index in [1.165, 1.54) is 13.3 Å². The van der Waals surface area contributed by atoms with Crippen molar-refractivity contribution >= 4 is 11.8 Å². The average molecular weight is 264 g/mol. The molecule has 1 fully saturated rings. The molecule has 0 spiro atoms. The molecule has 1 saturated heterocycles. The number of esters is 1. The van der Waals surface area contributed by atoms with Crippen LogP contribution in [0.25, 0.3) is 0 Å². The zero-order chi connectivity index (χ0) is 14.0. The lowest BCUT2D eigenvalue weighted by molar-refractivity contribution is 0.0593. The van der Waals surface area contributed by atoms with Gasteiger partial charge in [-0.3, -0.25) is 9.88 Å². The van der Waals surface area contributed by atoms with Crippen molar-refractivity contribution in [3.8, 4) is 0 Å². The third kappa shape index (κ3) is 2.84.